The van der Waals surface area contributed by atoms with Crippen LogP contribution >= 0.6 is 12.4 Å². The molecule has 0 bridgehead atoms. The molecule has 3 N–H and O–H groups in total. The second-order valence-electron chi connectivity index (χ2n) is 7.34. The molecular weight excluding hydrogens is 386 g/mol. The number of rotatable bonds is 6. The van der Waals surface area contributed by atoms with Gasteiger partial charge in [0.2, 0.25) is 15.9 Å². The van der Waals surface area contributed by atoms with Crippen LogP contribution in [-0.4, -0.2) is 39.5 Å². The summed E-state index contributed by atoms with van der Waals surface area (Å²) in [5, 5.41) is 6.34. The van der Waals surface area contributed by atoms with Crippen LogP contribution in [0.25, 0.3) is 0 Å². The molecule has 1 aliphatic heterocycles. The molecule has 8 heteroatoms. The Morgan fingerprint density at radius 2 is 1.93 bits per heavy atom. The molecule has 0 spiro atoms. The minimum atomic E-state index is -3.58. The fourth-order valence-electron chi connectivity index (χ4n) is 3.78. The summed E-state index contributed by atoms with van der Waals surface area (Å²) in [5.74, 6) is -0.112. The molecule has 1 saturated heterocycles. The van der Waals surface area contributed by atoms with Crippen LogP contribution in [0, 0.1) is 0 Å². The molecule has 27 heavy (non-hydrogen) atoms. The van der Waals surface area contributed by atoms with E-state index in [9.17, 15) is 13.2 Å². The van der Waals surface area contributed by atoms with Crippen molar-refractivity contribution >= 4 is 28.3 Å². The van der Waals surface area contributed by atoms with Crippen molar-refractivity contribution in [3.05, 3.63) is 29.3 Å². The zero-order valence-electron chi connectivity index (χ0n) is 15.8. The second-order valence-corrected chi connectivity index (χ2v) is 9.11. The van der Waals surface area contributed by atoms with E-state index < -0.39 is 10.0 Å². The first-order valence-corrected chi connectivity index (χ1v) is 11.1. The van der Waals surface area contributed by atoms with Crippen molar-refractivity contribution in [3.63, 3.8) is 0 Å². The van der Waals surface area contributed by atoms with Crippen molar-refractivity contribution in [2.45, 2.75) is 68.8 Å². The third-order valence-corrected chi connectivity index (χ3v) is 6.84. The number of sulfonamides is 1. The highest BCUT2D eigenvalue weighted by Crippen LogP contribution is 2.24. The number of hydrogen-bond donors (Lipinski definition) is 3. The molecule has 1 aliphatic carbocycles. The average molecular weight is 416 g/mol. The molecule has 0 radical (unpaired) electrons. The van der Waals surface area contributed by atoms with Gasteiger partial charge in [0.25, 0.3) is 0 Å². The van der Waals surface area contributed by atoms with E-state index in [4.69, 9.17) is 0 Å². The summed E-state index contributed by atoms with van der Waals surface area (Å²) in [7, 11) is -3.58. The number of hydrogen-bond acceptors (Lipinski definition) is 4. The Morgan fingerprint density at radius 3 is 2.67 bits per heavy atom. The SMILES string of the molecule is CC1NCCCC1NC(=O)CCNS(=O)(=O)c1ccc2c(c1)CCCC2.Cl. The zero-order chi connectivity index (χ0) is 18.6. The average Bonchev–Trinajstić information content (AvgIpc) is 2.63. The van der Waals surface area contributed by atoms with Crippen LogP contribution < -0.4 is 15.4 Å². The summed E-state index contributed by atoms with van der Waals surface area (Å²) in [6, 6.07) is 5.75. The van der Waals surface area contributed by atoms with Crippen molar-refractivity contribution in [3.8, 4) is 0 Å². The molecule has 1 aromatic carbocycles. The normalized spacial score (nSPS) is 22.4. The number of benzene rings is 1. The number of amides is 1. The largest absolute Gasteiger partial charge is 0.352 e. The molecule has 3 rings (SSSR count). The molecule has 152 valence electrons. The summed E-state index contributed by atoms with van der Waals surface area (Å²) in [4.78, 5) is 12.4. The maximum atomic E-state index is 12.5. The lowest BCUT2D eigenvalue weighted by Gasteiger charge is -2.30. The second kappa shape index (κ2) is 9.87. The van der Waals surface area contributed by atoms with E-state index in [-0.39, 0.29) is 43.4 Å². The van der Waals surface area contributed by atoms with Gasteiger partial charge in [-0.15, -0.1) is 12.4 Å². The van der Waals surface area contributed by atoms with Crippen LogP contribution in [0.15, 0.2) is 23.1 Å². The molecule has 1 fully saturated rings. The molecule has 6 nitrogen and oxygen atoms in total. The van der Waals surface area contributed by atoms with E-state index in [0.29, 0.717) is 4.90 Å². The number of piperidine rings is 1. The summed E-state index contributed by atoms with van der Waals surface area (Å²) >= 11 is 0. The number of halogens is 1. The monoisotopic (exact) mass is 415 g/mol. The molecule has 1 amide bonds. The van der Waals surface area contributed by atoms with Gasteiger partial charge in [-0.05, 0) is 75.3 Å². The molecule has 0 aromatic heterocycles. The summed E-state index contributed by atoms with van der Waals surface area (Å²) in [5.41, 5.74) is 2.39. The van der Waals surface area contributed by atoms with Crippen LogP contribution in [0.2, 0.25) is 0 Å². The van der Waals surface area contributed by atoms with Crippen molar-refractivity contribution in [2.75, 3.05) is 13.1 Å². The maximum Gasteiger partial charge on any atom is 0.240 e. The van der Waals surface area contributed by atoms with Crippen LogP contribution in [0.3, 0.4) is 0 Å². The first kappa shape index (κ1) is 22.1. The third kappa shape index (κ3) is 5.91. The van der Waals surface area contributed by atoms with Gasteiger partial charge in [-0.1, -0.05) is 6.07 Å². The van der Waals surface area contributed by atoms with Crippen molar-refractivity contribution in [1.29, 1.82) is 0 Å². The fourth-order valence-corrected chi connectivity index (χ4v) is 4.86. The Kier molecular flexibility index (Phi) is 8.09. The molecule has 1 heterocycles. The standard InChI is InChI=1S/C19H29N3O3S.ClH/c1-14-18(7-4-11-20-14)22-19(23)10-12-21-26(24,25)17-9-8-15-5-2-3-6-16(15)13-17;/h8-9,13-14,18,20-21H,2-7,10-12H2,1H3,(H,22,23);1H. The van der Waals surface area contributed by atoms with Crippen molar-refractivity contribution in [1.82, 2.24) is 15.4 Å². The van der Waals surface area contributed by atoms with Gasteiger partial charge in [0.05, 0.1) is 4.90 Å². The van der Waals surface area contributed by atoms with E-state index in [1.54, 1.807) is 12.1 Å². The predicted molar refractivity (Wildman–Crippen MR) is 109 cm³/mol. The zero-order valence-corrected chi connectivity index (χ0v) is 17.4. The minimum absolute atomic E-state index is 0. The van der Waals surface area contributed by atoms with Gasteiger partial charge < -0.3 is 10.6 Å². The Labute approximate surface area is 168 Å². The topological polar surface area (TPSA) is 87.3 Å². The van der Waals surface area contributed by atoms with Gasteiger partial charge in [0.1, 0.15) is 0 Å². The number of aryl methyl sites for hydroxylation is 2. The first-order valence-electron chi connectivity index (χ1n) is 9.60. The Bertz CT molecular complexity index is 755. The number of fused-ring (bicyclic) bond motifs is 1. The van der Waals surface area contributed by atoms with E-state index in [1.807, 2.05) is 6.07 Å². The smallest absolute Gasteiger partial charge is 0.240 e. The Morgan fingerprint density at radius 1 is 1.19 bits per heavy atom. The van der Waals surface area contributed by atoms with Crippen LogP contribution in [0.4, 0.5) is 0 Å². The van der Waals surface area contributed by atoms with Gasteiger partial charge in [-0.25, -0.2) is 13.1 Å². The predicted octanol–water partition coefficient (Wildman–Crippen LogP) is 1.91. The van der Waals surface area contributed by atoms with Gasteiger partial charge >= 0.3 is 0 Å². The molecule has 0 saturated carbocycles. The minimum Gasteiger partial charge on any atom is -0.352 e. The van der Waals surface area contributed by atoms with Crippen molar-refractivity contribution in [2.24, 2.45) is 0 Å². The molecule has 2 unspecified atom stereocenters. The van der Waals surface area contributed by atoms with Crippen LogP contribution in [0.5, 0.6) is 0 Å². The lowest BCUT2D eigenvalue weighted by Crippen LogP contribution is -2.52. The van der Waals surface area contributed by atoms with Gasteiger partial charge in [0, 0.05) is 25.0 Å². The Balaban J connectivity index is 0.00000261. The van der Waals surface area contributed by atoms with E-state index in [2.05, 4.69) is 22.3 Å². The third-order valence-electron chi connectivity index (χ3n) is 5.38. The molecule has 2 atom stereocenters. The maximum absolute atomic E-state index is 12.5. The highest BCUT2D eigenvalue weighted by atomic mass is 35.5. The number of nitrogens with one attached hydrogen (secondary N) is 3. The lowest BCUT2D eigenvalue weighted by atomic mass is 9.92. The molecule has 2 aliphatic rings. The highest BCUT2D eigenvalue weighted by Gasteiger charge is 2.23. The van der Waals surface area contributed by atoms with E-state index in [0.717, 1.165) is 44.2 Å². The summed E-state index contributed by atoms with van der Waals surface area (Å²) in [6.45, 7) is 3.15. The first-order chi connectivity index (χ1) is 12.5. The highest BCUT2D eigenvalue weighted by molar-refractivity contribution is 7.89. The van der Waals surface area contributed by atoms with Gasteiger partial charge in [-0.3, -0.25) is 4.79 Å². The Hall–Kier alpha value is -1.15. The number of carbonyl (C=O) groups excluding carboxylic acids is 1. The lowest BCUT2D eigenvalue weighted by molar-refractivity contribution is -0.122. The number of carbonyl (C=O) groups is 1. The summed E-state index contributed by atoms with van der Waals surface area (Å²) < 4.78 is 27.5. The summed E-state index contributed by atoms with van der Waals surface area (Å²) in [6.07, 6.45) is 6.39. The fraction of sp³-hybridized carbons (Fsp3) is 0.632. The molecule has 1 aromatic rings. The van der Waals surface area contributed by atoms with Crippen molar-refractivity contribution < 1.29 is 13.2 Å². The van der Waals surface area contributed by atoms with Gasteiger partial charge in [0.15, 0.2) is 0 Å². The van der Waals surface area contributed by atoms with Crippen LogP contribution in [-0.2, 0) is 27.7 Å². The van der Waals surface area contributed by atoms with Gasteiger partial charge in [-0.2, -0.15) is 0 Å². The quantitative estimate of drug-likeness (QED) is 0.662. The van der Waals surface area contributed by atoms with E-state index in [1.165, 1.54) is 12.0 Å². The van der Waals surface area contributed by atoms with Crippen LogP contribution in [0.1, 0.15) is 50.2 Å². The molecular formula is C19H30ClN3O3S. The van der Waals surface area contributed by atoms with E-state index >= 15 is 0 Å².